The molecule has 1 aromatic carbocycles. The van der Waals surface area contributed by atoms with Gasteiger partial charge in [0, 0.05) is 18.8 Å². The van der Waals surface area contributed by atoms with Crippen LogP contribution >= 0.6 is 22.9 Å². The van der Waals surface area contributed by atoms with Gasteiger partial charge in [0.1, 0.15) is 12.6 Å². The molecule has 2 heterocycles. The highest BCUT2D eigenvalue weighted by Crippen LogP contribution is 2.22. The van der Waals surface area contributed by atoms with E-state index in [1.54, 1.807) is 12.1 Å². The number of ether oxygens (including phenoxy) is 1. The van der Waals surface area contributed by atoms with Gasteiger partial charge in [-0.25, -0.2) is 4.79 Å². The van der Waals surface area contributed by atoms with Crippen LogP contribution in [0.4, 0.5) is 5.69 Å². The third-order valence-electron chi connectivity index (χ3n) is 4.93. The minimum absolute atomic E-state index is 0.279. The lowest BCUT2D eigenvalue weighted by molar-refractivity contribution is -0.143. The molecule has 0 spiro atoms. The molecule has 10 heteroatoms. The topological polar surface area (TPSA) is 108 Å². The first-order valence-corrected chi connectivity index (χ1v) is 11.0. The van der Waals surface area contributed by atoms with Gasteiger partial charge in [-0.3, -0.25) is 9.59 Å². The van der Waals surface area contributed by atoms with E-state index in [0.29, 0.717) is 14.9 Å². The standard InChI is InChI=1S/C21H24ClN3O5S/c1-25-8-6-13-2-3-15(10-14(13)7-9-25)23-20(28)16(11-30-12-19(26)27)24-21(29)17-4-5-18(22)31-17/h2-5,10,16H,6-9,11-12H2,1H3,(H,23,28)(H,24,29)(H,26,27). The van der Waals surface area contributed by atoms with Gasteiger partial charge >= 0.3 is 5.97 Å². The Bertz CT molecular complexity index is 964. The number of nitrogens with one attached hydrogen (secondary N) is 2. The van der Waals surface area contributed by atoms with Crippen LogP contribution in [0.5, 0.6) is 0 Å². The van der Waals surface area contributed by atoms with Crippen LogP contribution in [-0.4, -0.2) is 67.2 Å². The van der Waals surface area contributed by atoms with Gasteiger partial charge in [0.25, 0.3) is 5.91 Å². The van der Waals surface area contributed by atoms with Crippen molar-refractivity contribution in [1.29, 1.82) is 0 Å². The second-order valence-corrected chi connectivity index (χ2v) is 9.03. The molecule has 0 saturated carbocycles. The van der Waals surface area contributed by atoms with Gasteiger partial charge in [0.15, 0.2) is 0 Å². The Morgan fingerprint density at radius 2 is 1.94 bits per heavy atom. The average molecular weight is 466 g/mol. The van der Waals surface area contributed by atoms with Crippen LogP contribution in [0.2, 0.25) is 4.34 Å². The fourth-order valence-corrected chi connectivity index (χ4v) is 4.20. The molecule has 1 atom stereocenters. The number of anilines is 1. The monoisotopic (exact) mass is 465 g/mol. The van der Waals surface area contributed by atoms with E-state index in [2.05, 4.69) is 22.6 Å². The normalized spacial score (nSPS) is 14.9. The Morgan fingerprint density at radius 1 is 1.19 bits per heavy atom. The van der Waals surface area contributed by atoms with E-state index >= 15 is 0 Å². The van der Waals surface area contributed by atoms with E-state index in [1.807, 2.05) is 18.2 Å². The highest BCUT2D eigenvalue weighted by Gasteiger charge is 2.24. The second kappa shape index (κ2) is 10.7. The lowest BCUT2D eigenvalue weighted by Gasteiger charge is -2.18. The largest absolute Gasteiger partial charge is 0.480 e. The van der Waals surface area contributed by atoms with Crippen LogP contribution < -0.4 is 10.6 Å². The van der Waals surface area contributed by atoms with Crippen molar-refractivity contribution in [2.75, 3.05) is 38.7 Å². The van der Waals surface area contributed by atoms with Crippen LogP contribution in [0.1, 0.15) is 20.8 Å². The highest BCUT2D eigenvalue weighted by molar-refractivity contribution is 7.18. The van der Waals surface area contributed by atoms with Crippen molar-refractivity contribution in [3.05, 3.63) is 50.7 Å². The number of thiophene rings is 1. The predicted molar refractivity (Wildman–Crippen MR) is 119 cm³/mol. The van der Waals surface area contributed by atoms with Crippen LogP contribution in [0.25, 0.3) is 0 Å². The number of halogens is 1. The quantitative estimate of drug-likeness (QED) is 0.552. The summed E-state index contributed by atoms with van der Waals surface area (Å²) in [6, 6.07) is 7.85. The number of nitrogens with zero attached hydrogens (tertiary/aromatic N) is 1. The molecule has 1 unspecified atom stereocenters. The number of carboxylic acid groups (broad SMARTS) is 1. The van der Waals surface area contributed by atoms with Gasteiger partial charge < -0.3 is 25.4 Å². The fraction of sp³-hybridized carbons (Fsp3) is 0.381. The maximum Gasteiger partial charge on any atom is 0.329 e. The Hall–Kier alpha value is -2.46. The summed E-state index contributed by atoms with van der Waals surface area (Å²) in [5, 5.41) is 14.2. The molecule has 0 saturated heterocycles. The number of likely N-dealkylation sites (N-methyl/N-ethyl adjacent to an activating group) is 1. The number of carbonyl (C=O) groups is 3. The number of hydrogen-bond donors (Lipinski definition) is 3. The number of hydrogen-bond acceptors (Lipinski definition) is 6. The number of carbonyl (C=O) groups excluding carboxylic acids is 2. The number of rotatable bonds is 8. The maximum absolute atomic E-state index is 12.9. The second-order valence-electron chi connectivity index (χ2n) is 7.31. The zero-order valence-electron chi connectivity index (χ0n) is 17.0. The van der Waals surface area contributed by atoms with Crippen molar-refractivity contribution in [1.82, 2.24) is 10.2 Å². The smallest absolute Gasteiger partial charge is 0.329 e. The van der Waals surface area contributed by atoms with Crippen molar-refractivity contribution < 1.29 is 24.2 Å². The predicted octanol–water partition coefficient (Wildman–Crippen LogP) is 2.27. The van der Waals surface area contributed by atoms with Gasteiger partial charge in [-0.05, 0) is 55.3 Å². The first kappa shape index (κ1) is 23.2. The van der Waals surface area contributed by atoms with Crippen LogP contribution in [0.3, 0.4) is 0 Å². The Kier molecular flexibility index (Phi) is 8.03. The molecule has 8 nitrogen and oxygen atoms in total. The number of aliphatic carboxylic acids is 1. The first-order valence-electron chi connectivity index (χ1n) is 9.79. The maximum atomic E-state index is 12.9. The number of amides is 2. The van der Waals surface area contributed by atoms with E-state index in [9.17, 15) is 14.4 Å². The molecular weight excluding hydrogens is 442 g/mol. The summed E-state index contributed by atoms with van der Waals surface area (Å²) in [5.41, 5.74) is 3.05. The molecule has 3 N–H and O–H groups in total. The third kappa shape index (κ3) is 6.76. The lowest BCUT2D eigenvalue weighted by atomic mass is 10.0. The molecule has 2 amide bonds. The van der Waals surface area contributed by atoms with E-state index in [4.69, 9.17) is 21.4 Å². The van der Waals surface area contributed by atoms with Crippen LogP contribution in [0, 0.1) is 0 Å². The highest BCUT2D eigenvalue weighted by atomic mass is 35.5. The number of carboxylic acids is 1. The molecule has 1 aromatic heterocycles. The Morgan fingerprint density at radius 3 is 2.61 bits per heavy atom. The fourth-order valence-electron chi connectivity index (χ4n) is 3.26. The van der Waals surface area contributed by atoms with Crippen LogP contribution in [-0.2, 0) is 27.2 Å². The molecule has 0 bridgehead atoms. The summed E-state index contributed by atoms with van der Waals surface area (Å²) in [6.45, 7) is 1.07. The SMILES string of the molecule is CN1CCc2ccc(NC(=O)C(COCC(=O)O)NC(=O)c3ccc(Cl)s3)cc2CC1. The minimum atomic E-state index is -1.16. The molecule has 2 aromatic rings. The first-order chi connectivity index (χ1) is 14.8. The van der Waals surface area contributed by atoms with Gasteiger partial charge in [-0.1, -0.05) is 17.7 Å². The third-order valence-corrected chi connectivity index (χ3v) is 6.16. The molecule has 0 fully saturated rings. The molecule has 1 aliphatic rings. The Labute approximate surface area is 189 Å². The summed E-state index contributed by atoms with van der Waals surface area (Å²) in [7, 11) is 2.08. The van der Waals surface area contributed by atoms with Crippen molar-refractivity contribution in [2.24, 2.45) is 0 Å². The number of fused-ring (bicyclic) bond motifs is 1. The summed E-state index contributed by atoms with van der Waals surface area (Å²) in [5.74, 6) is -2.14. The molecule has 0 aliphatic carbocycles. The van der Waals surface area contributed by atoms with Crippen molar-refractivity contribution in [3.63, 3.8) is 0 Å². The van der Waals surface area contributed by atoms with Gasteiger partial charge in [0.05, 0.1) is 15.8 Å². The minimum Gasteiger partial charge on any atom is -0.480 e. The van der Waals surface area contributed by atoms with E-state index in [-0.39, 0.29) is 6.61 Å². The van der Waals surface area contributed by atoms with Crippen molar-refractivity contribution >= 4 is 46.4 Å². The number of benzene rings is 1. The van der Waals surface area contributed by atoms with Crippen molar-refractivity contribution in [2.45, 2.75) is 18.9 Å². The molecule has 166 valence electrons. The average Bonchev–Trinajstić information content (AvgIpc) is 3.08. The zero-order chi connectivity index (χ0) is 22.4. The zero-order valence-corrected chi connectivity index (χ0v) is 18.6. The molecule has 3 rings (SSSR count). The van der Waals surface area contributed by atoms with E-state index < -0.39 is 30.4 Å². The summed E-state index contributed by atoms with van der Waals surface area (Å²) in [6.07, 6.45) is 1.84. The molecular formula is C21H24ClN3O5S. The molecule has 31 heavy (non-hydrogen) atoms. The van der Waals surface area contributed by atoms with Gasteiger partial charge in [-0.2, -0.15) is 0 Å². The summed E-state index contributed by atoms with van der Waals surface area (Å²) >= 11 is 6.96. The van der Waals surface area contributed by atoms with E-state index in [0.717, 1.165) is 37.3 Å². The summed E-state index contributed by atoms with van der Waals surface area (Å²) < 4.78 is 5.52. The van der Waals surface area contributed by atoms with Gasteiger partial charge in [-0.15, -0.1) is 11.3 Å². The van der Waals surface area contributed by atoms with Crippen LogP contribution in [0.15, 0.2) is 30.3 Å². The molecule has 0 radical (unpaired) electrons. The summed E-state index contributed by atoms with van der Waals surface area (Å²) in [4.78, 5) is 38.7. The Balaban J connectivity index is 1.70. The van der Waals surface area contributed by atoms with E-state index in [1.165, 1.54) is 11.1 Å². The molecule has 1 aliphatic heterocycles. The van der Waals surface area contributed by atoms with Crippen molar-refractivity contribution in [3.8, 4) is 0 Å². The lowest BCUT2D eigenvalue weighted by Crippen LogP contribution is -2.47. The van der Waals surface area contributed by atoms with Gasteiger partial charge in [0.2, 0.25) is 5.91 Å².